The molecule has 10 aromatic carbocycles. The summed E-state index contributed by atoms with van der Waals surface area (Å²) in [5.74, 6) is 0. The van der Waals surface area contributed by atoms with Crippen molar-refractivity contribution in [1.82, 2.24) is 0 Å². The van der Waals surface area contributed by atoms with Gasteiger partial charge in [-0.25, -0.2) is 0 Å². The molecule has 2 aliphatic carbocycles. The second-order valence-electron chi connectivity index (χ2n) is 16.4. The van der Waals surface area contributed by atoms with Crippen LogP contribution in [0.3, 0.4) is 0 Å². The van der Waals surface area contributed by atoms with E-state index in [0.29, 0.717) is 0 Å². The van der Waals surface area contributed by atoms with Crippen molar-refractivity contribution in [3.8, 4) is 66.8 Å². The lowest BCUT2D eigenvalue weighted by molar-refractivity contribution is 0.794. The molecule has 62 heavy (non-hydrogen) atoms. The van der Waals surface area contributed by atoms with Crippen LogP contribution in [0.1, 0.15) is 22.3 Å². The largest absolute Gasteiger partial charge is 0.310 e. The lowest BCUT2D eigenvalue weighted by Gasteiger charge is -2.31. The maximum absolute atomic E-state index is 2.43. The smallest absolute Gasteiger partial charge is 0.0725 e. The maximum Gasteiger partial charge on any atom is 0.0725 e. The van der Waals surface area contributed by atoms with E-state index in [4.69, 9.17) is 0 Å². The second-order valence-corrected chi connectivity index (χ2v) is 16.4. The molecule has 290 valence electrons. The molecule has 1 nitrogen and oxygen atoms in total. The summed E-state index contributed by atoms with van der Waals surface area (Å²) in [5, 5.41) is 0. The van der Waals surface area contributed by atoms with E-state index in [1.165, 1.54) is 89.0 Å². The highest BCUT2D eigenvalue weighted by molar-refractivity contribution is 5.96. The van der Waals surface area contributed by atoms with Gasteiger partial charge in [0.15, 0.2) is 0 Å². The van der Waals surface area contributed by atoms with E-state index >= 15 is 0 Å². The van der Waals surface area contributed by atoms with Crippen molar-refractivity contribution in [2.45, 2.75) is 5.41 Å². The molecule has 0 fully saturated rings. The molecule has 0 aromatic heterocycles. The fourth-order valence-corrected chi connectivity index (χ4v) is 10.3. The van der Waals surface area contributed by atoms with Crippen molar-refractivity contribution in [2.24, 2.45) is 0 Å². The topological polar surface area (TPSA) is 3.24 Å². The molecular formula is C61H41N. The summed E-state index contributed by atoms with van der Waals surface area (Å²) in [6.07, 6.45) is 0. The van der Waals surface area contributed by atoms with E-state index < -0.39 is 0 Å². The van der Waals surface area contributed by atoms with Crippen LogP contribution in [-0.2, 0) is 5.41 Å². The van der Waals surface area contributed by atoms with Crippen molar-refractivity contribution >= 4 is 17.1 Å². The van der Waals surface area contributed by atoms with Gasteiger partial charge in [0.25, 0.3) is 0 Å². The van der Waals surface area contributed by atoms with Crippen molar-refractivity contribution < 1.29 is 0 Å². The third-order valence-corrected chi connectivity index (χ3v) is 13.1. The molecule has 0 aliphatic heterocycles. The van der Waals surface area contributed by atoms with Crippen LogP contribution in [-0.4, -0.2) is 0 Å². The Balaban J connectivity index is 0.990. The Hall–Kier alpha value is -8.00. The first-order valence-electron chi connectivity index (χ1n) is 21.5. The Labute approximate surface area is 363 Å². The maximum atomic E-state index is 2.43. The Morgan fingerprint density at radius 1 is 0.210 bits per heavy atom. The van der Waals surface area contributed by atoms with Gasteiger partial charge in [0.05, 0.1) is 5.41 Å². The average molecular weight is 788 g/mol. The molecular weight excluding hydrogens is 747 g/mol. The monoisotopic (exact) mass is 787 g/mol. The van der Waals surface area contributed by atoms with Crippen molar-refractivity contribution in [3.63, 3.8) is 0 Å². The van der Waals surface area contributed by atoms with Gasteiger partial charge in [-0.15, -0.1) is 0 Å². The van der Waals surface area contributed by atoms with Crippen molar-refractivity contribution in [2.75, 3.05) is 4.90 Å². The van der Waals surface area contributed by atoms with Crippen LogP contribution in [0.25, 0.3) is 66.8 Å². The third-order valence-electron chi connectivity index (χ3n) is 13.1. The van der Waals surface area contributed by atoms with Crippen molar-refractivity contribution in [1.29, 1.82) is 0 Å². The van der Waals surface area contributed by atoms with E-state index in [0.717, 1.165) is 17.1 Å². The number of rotatable bonds is 7. The standard InChI is InChI=1S/C61H41N/c1-3-15-42(16-4-1)46-19-13-21-48(39-46)44-29-33-50(34-30-44)62(51-35-31-45(32-36-51)49-22-14-20-47(40-49)43-17-5-2-6-18-43)52-37-38-60-56(41-52)55-25-9-12-28-59(55)61(60)57-26-10-7-23-53(57)54-24-8-11-27-58(54)61/h1-41H. The number of benzene rings is 10. The summed E-state index contributed by atoms with van der Waals surface area (Å²) < 4.78 is 0. The number of nitrogens with zero attached hydrogens (tertiary/aromatic N) is 1. The first-order chi connectivity index (χ1) is 30.7. The normalized spacial score (nSPS) is 12.6. The van der Waals surface area contributed by atoms with Crippen LogP contribution >= 0.6 is 0 Å². The zero-order valence-electron chi connectivity index (χ0n) is 34.1. The summed E-state index contributed by atoms with van der Waals surface area (Å²) in [6, 6.07) is 91.3. The summed E-state index contributed by atoms with van der Waals surface area (Å²) in [7, 11) is 0. The quantitative estimate of drug-likeness (QED) is 0.155. The molecule has 0 heterocycles. The first-order valence-corrected chi connectivity index (χ1v) is 21.5. The minimum atomic E-state index is -0.381. The van der Waals surface area contributed by atoms with Gasteiger partial charge >= 0.3 is 0 Å². The number of anilines is 3. The molecule has 0 saturated carbocycles. The summed E-state index contributed by atoms with van der Waals surface area (Å²) in [6.45, 7) is 0. The van der Waals surface area contributed by atoms with Crippen molar-refractivity contribution in [3.05, 3.63) is 271 Å². The van der Waals surface area contributed by atoms with Crippen LogP contribution in [0.15, 0.2) is 249 Å². The fraction of sp³-hybridized carbons (Fsp3) is 0.0164. The summed E-state index contributed by atoms with van der Waals surface area (Å²) in [5.41, 5.74) is 23.2. The van der Waals surface area contributed by atoms with E-state index in [-0.39, 0.29) is 5.41 Å². The van der Waals surface area contributed by atoms with E-state index in [1.807, 2.05) is 0 Å². The van der Waals surface area contributed by atoms with Crippen LogP contribution < -0.4 is 4.90 Å². The molecule has 0 N–H and O–H groups in total. The summed E-state index contributed by atoms with van der Waals surface area (Å²) in [4.78, 5) is 2.42. The predicted octanol–water partition coefficient (Wildman–Crippen LogP) is 16.2. The highest BCUT2D eigenvalue weighted by Gasteiger charge is 2.51. The highest BCUT2D eigenvalue weighted by atomic mass is 15.1. The molecule has 10 aromatic rings. The second kappa shape index (κ2) is 14.6. The molecule has 2 aliphatic rings. The lowest BCUT2D eigenvalue weighted by Crippen LogP contribution is -2.25. The fourth-order valence-electron chi connectivity index (χ4n) is 10.3. The minimum absolute atomic E-state index is 0.381. The Morgan fingerprint density at radius 3 is 0.968 bits per heavy atom. The van der Waals surface area contributed by atoms with Gasteiger partial charge in [0.1, 0.15) is 0 Å². The highest BCUT2D eigenvalue weighted by Crippen LogP contribution is 2.63. The lowest BCUT2D eigenvalue weighted by atomic mass is 9.70. The molecule has 0 unspecified atom stereocenters. The zero-order chi connectivity index (χ0) is 41.0. The molecule has 1 heteroatoms. The van der Waals surface area contributed by atoms with E-state index in [9.17, 15) is 0 Å². The third kappa shape index (κ3) is 5.70. The SMILES string of the molecule is c1ccc(-c2cccc(-c3ccc(N(c4ccc(-c5cccc(-c6ccccc6)c5)cc4)c4ccc5c(c4)-c4ccccc4C54c5ccccc5-c5ccccc54)cc3)c2)cc1. The minimum Gasteiger partial charge on any atom is -0.310 e. The molecule has 0 atom stereocenters. The molecule has 0 saturated heterocycles. The predicted molar refractivity (Wildman–Crippen MR) is 259 cm³/mol. The molecule has 1 spiro atoms. The van der Waals surface area contributed by atoms with Crippen LogP contribution in [0.4, 0.5) is 17.1 Å². The van der Waals surface area contributed by atoms with Crippen LogP contribution in [0.2, 0.25) is 0 Å². The molecule has 12 rings (SSSR count). The van der Waals surface area contributed by atoms with Gasteiger partial charge in [-0.3, -0.25) is 0 Å². The van der Waals surface area contributed by atoms with Gasteiger partial charge in [0, 0.05) is 17.1 Å². The number of hydrogen-bond donors (Lipinski definition) is 0. The number of fused-ring (bicyclic) bond motifs is 10. The Morgan fingerprint density at radius 2 is 0.532 bits per heavy atom. The number of hydrogen-bond acceptors (Lipinski definition) is 1. The average Bonchev–Trinajstić information content (AvgIpc) is 3.82. The van der Waals surface area contributed by atoms with E-state index in [1.54, 1.807) is 0 Å². The molecule has 0 bridgehead atoms. The van der Waals surface area contributed by atoms with Gasteiger partial charge in [0.2, 0.25) is 0 Å². The van der Waals surface area contributed by atoms with Gasteiger partial charge in [-0.1, -0.05) is 200 Å². The first kappa shape index (κ1) is 35.9. The van der Waals surface area contributed by atoms with Crippen LogP contribution in [0.5, 0.6) is 0 Å². The Kier molecular flexibility index (Phi) is 8.47. The molecule has 0 amide bonds. The van der Waals surface area contributed by atoms with Gasteiger partial charge in [-0.2, -0.15) is 0 Å². The van der Waals surface area contributed by atoms with Gasteiger partial charge in [-0.05, 0) is 138 Å². The summed E-state index contributed by atoms with van der Waals surface area (Å²) >= 11 is 0. The molecule has 0 radical (unpaired) electrons. The van der Waals surface area contributed by atoms with E-state index in [2.05, 4.69) is 254 Å². The zero-order valence-corrected chi connectivity index (χ0v) is 34.1. The van der Waals surface area contributed by atoms with Crippen LogP contribution in [0, 0.1) is 0 Å². The Bertz CT molecular complexity index is 3100. The van der Waals surface area contributed by atoms with Gasteiger partial charge < -0.3 is 4.90 Å².